The highest BCUT2D eigenvalue weighted by molar-refractivity contribution is 9.10. The molecule has 0 bridgehead atoms. The SMILES string of the molecule is Cc1cc(C)c(NC(=O)c2ccc(Br)nc2)c(Br)c1. The third-order valence-corrected chi connectivity index (χ3v) is 3.75. The van der Waals surface area contributed by atoms with Gasteiger partial charge in [-0.1, -0.05) is 6.07 Å². The van der Waals surface area contributed by atoms with Crippen LogP contribution in [0.1, 0.15) is 21.5 Å². The van der Waals surface area contributed by atoms with Crippen LogP contribution in [0.25, 0.3) is 0 Å². The number of anilines is 1. The van der Waals surface area contributed by atoms with Crippen LogP contribution in [-0.2, 0) is 0 Å². The maximum Gasteiger partial charge on any atom is 0.257 e. The van der Waals surface area contributed by atoms with Gasteiger partial charge in [0.2, 0.25) is 0 Å². The minimum Gasteiger partial charge on any atom is -0.321 e. The lowest BCUT2D eigenvalue weighted by Crippen LogP contribution is -2.13. The second-order valence-electron chi connectivity index (χ2n) is 4.26. The number of hydrogen-bond acceptors (Lipinski definition) is 2. The molecule has 0 spiro atoms. The first-order valence-electron chi connectivity index (χ1n) is 5.67. The molecule has 2 aromatic rings. The highest BCUT2D eigenvalue weighted by Crippen LogP contribution is 2.28. The molecule has 0 saturated heterocycles. The van der Waals surface area contributed by atoms with E-state index in [4.69, 9.17) is 0 Å². The van der Waals surface area contributed by atoms with Gasteiger partial charge in [-0.2, -0.15) is 0 Å². The zero-order chi connectivity index (χ0) is 14.0. The summed E-state index contributed by atoms with van der Waals surface area (Å²) in [5.41, 5.74) is 3.48. The van der Waals surface area contributed by atoms with E-state index < -0.39 is 0 Å². The minimum absolute atomic E-state index is 0.173. The molecule has 1 N–H and O–H groups in total. The monoisotopic (exact) mass is 382 g/mol. The Hall–Kier alpha value is -1.20. The van der Waals surface area contributed by atoms with Crippen LogP contribution in [0.3, 0.4) is 0 Å². The van der Waals surface area contributed by atoms with E-state index in [1.807, 2.05) is 26.0 Å². The first-order chi connectivity index (χ1) is 8.97. The Morgan fingerprint density at radius 1 is 1.21 bits per heavy atom. The summed E-state index contributed by atoms with van der Waals surface area (Å²) in [5, 5.41) is 2.90. The second-order valence-corrected chi connectivity index (χ2v) is 5.93. The zero-order valence-electron chi connectivity index (χ0n) is 10.5. The lowest BCUT2D eigenvalue weighted by atomic mass is 10.1. The number of carbonyl (C=O) groups is 1. The molecule has 1 aromatic carbocycles. The van der Waals surface area contributed by atoms with Crippen LogP contribution >= 0.6 is 31.9 Å². The molecule has 0 atom stereocenters. The van der Waals surface area contributed by atoms with Crippen LogP contribution < -0.4 is 5.32 Å². The number of nitrogens with zero attached hydrogens (tertiary/aromatic N) is 1. The summed E-state index contributed by atoms with van der Waals surface area (Å²) in [4.78, 5) is 16.2. The molecule has 0 aliphatic heterocycles. The summed E-state index contributed by atoms with van der Waals surface area (Å²) in [7, 11) is 0. The van der Waals surface area contributed by atoms with Crippen molar-refractivity contribution in [3.63, 3.8) is 0 Å². The molecule has 19 heavy (non-hydrogen) atoms. The van der Waals surface area contributed by atoms with E-state index in [9.17, 15) is 4.79 Å². The van der Waals surface area contributed by atoms with Crippen LogP contribution in [0.15, 0.2) is 39.5 Å². The van der Waals surface area contributed by atoms with E-state index in [1.54, 1.807) is 12.1 Å². The van der Waals surface area contributed by atoms with Crippen molar-refractivity contribution in [1.29, 1.82) is 0 Å². The molecule has 1 aromatic heterocycles. The summed E-state index contributed by atoms with van der Waals surface area (Å²) in [6, 6.07) is 7.47. The van der Waals surface area contributed by atoms with Crippen molar-refractivity contribution in [1.82, 2.24) is 4.98 Å². The van der Waals surface area contributed by atoms with Gasteiger partial charge in [0.05, 0.1) is 11.3 Å². The zero-order valence-corrected chi connectivity index (χ0v) is 13.7. The van der Waals surface area contributed by atoms with Gasteiger partial charge in [0.1, 0.15) is 4.60 Å². The fourth-order valence-corrected chi connectivity index (χ4v) is 2.78. The van der Waals surface area contributed by atoms with E-state index in [-0.39, 0.29) is 5.91 Å². The molecule has 3 nitrogen and oxygen atoms in total. The number of halogens is 2. The van der Waals surface area contributed by atoms with Gasteiger partial charge >= 0.3 is 0 Å². The normalized spacial score (nSPS) is 10.3. The van der Waals surface area contributed by atoms with E-state index >= 15 is 0 Å². The molecule has 1 amide bonds. The number of hydrogen-bond donors (Lipinski definition) is 1. The predicted octanol–water partition coefficient (Wildman–Crippen LogP) is 4.48. The quantitative estimate of drug-likeness (QED) is 0.777. The Bertz CT molecular complexity index is 601. The lowest BCUT2D eigenvalue weighted by Gasteiger charge is -2.11. The van der Waals surface area contributed by atoms with Crippen LogP contribution in [0, 0.1) is 13.8 Å². The van der Waals surface area contributed by atoms with Gasteiger partial charge in [-0.3, -0.25) is 4.79 Å². The van der Waals surface area contributed by atoms with Gasteiger partial charge in [0.15, 0.2) is 0 Å². The van der Waals surface area contributed by atoms with Gasteiger partial charge in [-0.25, -0.2) is 4.98 Å². The first kappa shape index (κ1) is 14.2. The smallest absolute Gasteiger partial charge is 0.257 e. The number of benzene rings is 1. The van der Waals surface area contributed by atoms with Crippen LogP contribution in [-0.4, -0.2) is 10.9 Å². The minimum atomic E-state index is -0.173. The van der Waals surface area contributed by atoms with E-state index in [1.165, 1.54) is 6.20 Å². The lowest BCUT2D eigenvalue weighted by molar-refractivity contribution is 0.102. The van der Waals surface area contributed by atoms with E-state index in [0.717, 1.165) is 21.3 Å². The summed E-state index contributed by atoms with van der Waals surface area (Å²) >= 11 is 6.72. The maximum atomic E-state index is 12.1. The summed E-state index contributed by atoms with van der Waals surface area (Å²) in [5.74, 6) is -0.173. The third kappa shape index (κ3) is 3.42. The third-order valence-electron chi connectivity index (χ3n) is 2.66. The van der Waals surface area contributed by atoms with Gasteiger partial charge in [-0.05, 0) is 75.0 Å². The van der Waals surface area contributed by atoms with Crippen LogP contribution in [0.2, 0.25) is 0 Å². The van der Waals surface area contributed by atoms with Crippen LogP contribution in [0.5, 0.6) is 0 Å². The number of rotatable bonds is 2. The summed E-state index contributed by atoms with van der Waals surface area (Å²) in [6.07, 6.45) is 1.54. The molecule has 0 fully saturated rings. The second kappa shape index (κ2) is 5.84. The standard InChI is InChI=1S/C14H12Br2N2O/c1-8-5-9(2)13(11(15)6-8)18-14(19)10-3-4-12(16)17-7-10/h3-7H,1-2H3,(H,18,19). The number of nitrogens with one attached hydrogen (secondary N) is 1. The molecule has 0 saturated carbocycles. The van der Waals surface area contributed by atoms with Gasteiger partial charge < -0.3 is 5.32 Å². The van der Waals surface area contributed by atoms with Crippen molar-refractivity contribution < 1.29 is 4.79 Å². The Morgan fingerprint density at radius 2 is 1.95 bits per heavy atom. The Balaban J connectivity index is 2.26. The molecule has 0 unspecified atom stereocenters. The van der Waals surface area contributed by atoms with Crippen molar-refractivity contribution in [2.24, 2.45) is 0 Å². The van der Waals surface area contributed by atoms with Gasteiger partial charge in [0, 0.05) is 10.7 Å². The highest BCUT2D eigenvalue weighted by Gasteiger charge is 2.11. The van der Waals surface area contributed by atoms with Crippen LogP contribution in [0.4, 0.5) is 5.69 Å². The number of aryl methyl sites for hydroxylation is 2. The molecule has 1 heterocycles. The average Bonchev–Trinajstić information content (AvgIpc) is 2.34. The first-order valence-corrected chi connectivity index (χ1v) is 7.25. The van der Waals surface area contributed by atoms with Gasteiger partial charge in [0.25, 0.3) is 5.91 Å². The summed E-state index contributed by atoms with van der Waals surface area (Å²) < 4.78 is 1.58. The largest absolute Gasteiger partial charge is 0.321 e. The Kier molecular flexibility index (Phi) is 4.37. The number of carbonyl (C=O) groups excluding carboxylic acids is 1. The topological polar surface area (TPSA) is 42.0 Å². The molecule has 0 aliphatic carbocycles. The fraction of sp³-hybridized carbons (Fsp3) is 0.143. The van der Waals surface area contributed by atoms with Crippen molar-refractivity contribution in [2.75, 3.05) is 5.32 Å². The fourth-order valence-electron chi connectivity index (χ4n) is 1.77. The van der Waals surface area contributed by atoms with E-state index in [0.29, 0.717) is 10.2 Å². The number of pyridine rings is 1. The average molecular weight is 384 g/mol. The van der Waals surface area contributed by atoms with Gasteiger partial charge in [-0.15, -0.1) is 0 Å². The Morgan fingerprint density at radius 3 is 2.53 bits per heavy atom. The summed E-state index contributed by atoms with van der Waals surface area (Å²) in [6.45, 7) is 3.98. The predicted molar refractivity (Wildman–Crippen MR) is 83.5 cm³/mol. The number of aromatic nitrogens is 1. The van der Waals surface area contributed by atoms with Crippen molar-refractivity contribution in [2.45, 2.75) is 13.8 Å². The molecular formula is C14H12Br2N2O. The molecule has 5 heteroatoms. The molecule has 0 aliphatic rings. The molecule has 2 rings (SSSR count). The molecular weight excluding hydrogens is 372 g/mol. The molecule has 98 valence electrons. The van der Waals surface area contributed by atoms with Crippen molar-refractivity contribution >= 4 is 43.5 Å². The Labute approximate surface area is 128 Å². The van der Waals surface area contributed by atoms with Crippen molar-refractivity contribution in [3.05, 3.63) is 56.2 Å². The highest BCUT2D eigenvalue weighted by atomic mass is 79.9. The molecule has 0 radical (unpaired) electrons. The maximum absolute atomic E-state index is 12.1. The van der Waals surface area contributed by atoms with Crippen molar-refractivity contribution in [3.8, 4) is 0 Å². The van der Waals surface area contributed by atoms with E-state index in [2.05, 4.69) is 42.2 Å². The number of amides is 1.